The van der Waals surface area contributed by atoms with Gasteiger partial charge in [-0.05, 0) is 26.0 Å². The molecule has 0 aliphatic rings. The molecule has 0 unspecified atom stereocenters. The van der Waals surface area contributed by atoms with Crippen LogP contribution in [0, 0.1) is 0 Å². The molecule has 0 radical (unpaired) electrons. The second-order valence-electron chi connectivity index (χ2n) is 4.18. The molecule has 1 amide bonds. The summed E-state index contributed by atoms with van der Waals surface area (Å²) in [6.07, 6.45) is 3.16. The molecule has 0 fully saturated rings. The smallest absolute Gasteiger partial charge is 0.272 e. The number of pyridine rings is 1. The van der Waals surface area contributed by atoms with Gasteiger partial charge in [0.2, 0.25) is 0 Å². The van der Waals surface area contributed by atoms with Crippen molar-refractivity contribution in [1.29, 1.82) is 0 Å². The Morgan fingerprint density at radius 3 is 2.70 bits per heavy atom. The van der Waals surface area contributed by atoms with Gasteiger partial charge in [0, 0.05) is 19.3 Å². The van der Waals surface area contributed by atoms with Crippen LogP contribution in [-0.4, -0.2) is 38.7 Å². The van der Waals surface area contributed by atoms with Gasteiger partial charge in [-0.25, -0.2) is 4.68 Å². The molecular formula is C13H16ClN5O. The van der Waals surface area contributed by atoms with Crippen LogP contribution >= 0.6 is 11.6 Å². The van der Waals surface area contributed by atoms with Crippen molar-refractivity contribution in [2.45, 2.75) is 13.8 Å². The van der Waals surface area contributed by atoms with Crippen LogP contribution in [0.25, 0.3) is 5.69 Å². The van der Waals surface area contributed by atoms with Gasteiger partial charge < -0.3 is 10.6 Å². The second-order valence-corrected chi connectivity index (χ2v) is 4.59. The average Bonchev–Trinajstić information content (AvgIpc) is 2.80. The quantitative estimate of drug-likeness (QED) is 0.935. The molecule has 0 saturated carbocycles. The van der Waals surface area contributed by atoms with Crippen LogP contribution in [0.4, 0.5) is 5.82 Å². The number of nitrogens with zero attached hydrogens (tertiary/aromatic N) is 4. The maximum Gasteiger partial charge on any atom is 0.272 e. The summed E-state index contributed by atoms with van der Waals surface area (Å²) in [5.41, 5.74) is 6.67. The molecule has 0 spiro atoms. The first-order chi connectivity index (χ1) is 9.56. The van der Waals surface area contributed by atoms with Crippen molar-refractivity contribution in [1.82, 2.24) is 19.7 Å². The second kappa shape index (κ2) is 5.92. The van der Waals surface area contributed by atoms with Gasteiger partial charge in [0.25, 0.3) is 5.91 Å². The SMILES string of the molecule is CCN(CC)C(=O)c1cc(-n2cc(Cl)c(N)n2)ccn1. The summed E-state index contributed by atoms with van der Waals surface area (Å²) in [4.78, 5) is 18.1. The van der Waals surface area contributed by atoms with Gasteiger partial charge in [0.1, 0.15) is 10.7 Å². The lowest BCUT2D eigenvalue weighted by molar-refractivity contribution is 0.0767. The Morgan fingerprint density at radius 1 is 1.45 bits per heavy atom. The highest BCUT2D eigenvalue weighted by Gasteiger charge is 2.15. The van der Waals surface area contributed by atoms with Crippen molar-refractivity contribution in [3.8, 4) is 5.69 Å². The van der Waals surface area contributed by atoms with Crippen LogP contribution in [-0.2, 0) is 0 Å². The van der Waals surface area contributed by atoms with Crippen molar-refractivity contribution in [2.24, 2.45) is 0 Å². The number of rotatable bonds is 4. The molecule has 2 heterocycles. The van der Waals surface area contributed by atoms with Gasteiger partial charge in [-0.15, -0.1) is 5.10 Å². The van der Waals surface area contributed by atoms with Crippen LogP contribution in [0.1, 0.15) is 24.3 Å². The number of anilines is 1. The number of nitrogen functional groups attached to an aromatic ring is 1. The Kier molecular flexibility index (Phi) is 4.24. The lowest BCUT2D eigenvalue weighted by Gasteiger charge is -2.18. The Morgan fingerprint density at radius 2 is 2.15 bits per heavy atom. The molecule has 0 aromatic carbocycles. The van der Waals surface area contributed by atoms with Crippen LogP contribution in [0.3, 0.4) is 0 Å². The summed E-state index contributed by atoms with van der Waals surface area (Å²) in [6, 6.07) is 3.41. The molecule has 6 nitrogen and oxygen atoms in total. The van der Waals surface area contributed by atoms with E-state index in [1.807, 2.05) is 13.8 Å². The minimum Gasteiger partial charge on any atom is -0.381 e. The van der Waals surface area contributed by atoms with E-state index in [0.717, 1.165) is 0 Å². The molecule has 2 rings (SSSR count). The molecule has 106 valence electrons. The third-order valence-corrected chi connectivity index (χ3v) is 3.26. The van der Waals surface area contributed by atoms with E-state index in [-0.39, 0.29) is 11.7 Å². The highest BCUT2D eigenvalue weighted by atomic mass is 35.5. The Bertz CT molecular complexity index is 601. The highest BCUT2D eigenvalue weighted by Crippen LogP contribution is 2.19. The van der Waals surface area contributed by atoms with Crippen molar-refractivity contribution >= 4 is 23.3 Å². The number of halogens is 1. The molecule has 0 aliphatic carbocycles. The monoisotopic (exact) mass is 293 g/mol. The summed E-state index contributed by atoms with van der Waals surface area (Å²) in [5.74, 6) is 0.142. The molecule has 2 aromatic heterocycles. The normalized spacial score (nSPS) is 10.6. The van der Waals surface area contributed by atoms with E-state index in [0.29, 0.717) is 29.5 Å². The van der Waals surface area contributed by atoms with E-state index in [2.05, 4.69) is 10.1 Å². The summed E-state index contributed by atoms with van der Waals surface area (Å²) in [6.45, 7) is 5.14. The number of nitrogens with two attached hydrogens (primary N) is 1. The summed E-state index contributed by atoms with van der Waals surface area (Å²) in [5, 5.41) is 4.45. The van der Waals surface area contributed by atoms with Crippen LogP contribution in [0.5, 0.6) is 0 Å². The standard InChI is InChI=1S/C13H16ClN5O/c1-3-18(4-2)13(20)11-7-9(5-6-16-11)19-8-10(14)12(15)17-19/h5-8H,3-4H2,1-2H3,(H2,15,17). The third-order valence-electron chi connectivity index (χ3n) is 2.97. The van der Waals surface area contributed by atoms with Crippen LogP contribution in [0.2, 0.25) is 5.02 Å². The van der Waals surface area contributed by atoms with Gasteiger partial charge in [-0.1, -0.05) is 11.6 Å². The molecular weight excluding hydrogens is 278 g/mol. The molecule has 2 aromatic rings. The average molecular weight is 294 g/mol. The van der Waals surface area contributed by atoms with Crippen molar-refractivity contribution in [3.05, 3.63) is 35.2 Å². The number of hydrogen-bond donors (Lipinski definition) is 1. The maximum atomic E-state index is 12.2. The Labute approximate surface area is 122 Å². The molecule has 20 heavy (non-hydrogen) atoms. The molecule has 0 bridgehead atoms. The van der Waals surface area contributed by atoms with Gasteiger partial charge in [-0.3, -0.25) is 9.78 Å². The van der Waals surface area contributed by atoms with E-state index >= 15 is 0 Å². The lowest BCUT2D eigenvalue weighted by Crippen LogP contribution is -2.31. The Balaban J connectivity index is 2.35. The minimum atomic E-state index is -0.108. The fourth-order valence-electron chi connectivity index (χ4n) is 1.85. The van der Waals surface area contributed by atoms with Crippen LogP contribution < -0.4 is 5.73 Å². The third kappa shape index (κ3) is 2.75. The predicted octanol–water partition coefficient (Wildman–Crippen LogP) is 1.98. The summed E-state index contributed by atoms with van der Waals surface area (Å²) >= 11 is 5.88. The van der Waals surface area contributed by atoms with Crippen LogP contribution in [0.15, 0.2) is 24.5 Å². The molecule has 0 aliphatic heterocycles. The molecule has 7 heteroatoms. The number of carbonyl (C=O) groups is 1. The largest absolute Gasteiger partial charge is 0.381 e. The highest BCUT2D eigenvalue weighted by molar-refractivity contribution is 6.32. The van der Waals surface area contributed by atoms with Gasteiger partial charge in [-0.2, -0.15) is 0 Å². The van der Waals surface area contributed by atoms with Crippen molar-refractivity contribution < 1.29 is 4.79 Å². The van der Waals surface area contributed by atoms with Crippen molar-refractivity contribution in [2.75, 3.05) is 18.8 Å². The summed E-state index contributed by atoms with van der Waals surface area (Å²) in [7, 11) is 0. The first-order valence-corrected chi connectivity index (χ1v) is 6.71. The van der Waals surface area contributed by atoms with Gasteiger partial charge in [0.15, 0.2) is 5.82 Å². The number of aromatic nitrogens is 3. The number of amides is 1. The zero-order valence-electron chi connectivity index (χ0n) is 11.4. The van der Waals surface area contributed by atoms with Crippen molar-refractivity contribution in [3.63, 3.8) is 0 Å². The zero-order valence-corrected chi connectivity index (χ0v) is 12.1. The lowest BCUT2D eigenvalue weighted by atomic mass is 10.3. The van der Waals surface area contributed by atoms with E-state index in [9.17, 15) is 4.79 Å². The fourth-order valence-corrected chi connectivity index (χ4v) is 1.98. The van der Waals surface area contributed by atoms with E-state index < -0.39 is 0 Å². The summed E-state index contributed by atoms with van der Waals surface area (Å²) < 4.78 is 1.53. The fraction of sp³-hybridized carbons (Fsp3) is 0.308. The van der Waals surface area contributed by atoms with Gasteiger partial charge >= 0.3 is 0 Å². The minimum absolute atomic E-state index is 0.108. The first kappa shape index (κ1) is 14.3. The molecule has 0 atom stereocenters. The number of carbonyl (C=O) groups excluding carboxylic acids is 1. The Hall–Kier alpha value is -2.08. The van der Waals surface area contributed by atoms with E-state index in [1.165, 1.54) is 4.68 Å². The predicted molar refractivity (Wildman–Crippen MR) is 78.0 cm³/mol. The molecule has 2 N–H and O–H groups in total. The number of hydrogen-bond acceptors (Lipinski definition) is 4. The van der Waals surface area contributed by atoms with E-state index in [1.54, 1.807) is 29.4 Å². The topological polar surface area (TPSA) is 77.0 Å². The maximum absolute atomic E-state index is 12.2. The molecule has 0 saturated heterocycles. The first-order valence-electron chi connectivity index (χ1n) is 6.33. The van der Waals surface area contributed by atoms with Gasteiger partial charge in [0.05, 0.1) is 11.9 Å². The van der Waals surface area contributed by atoms with E-state index in [4.69, 9.17) is 17.3 Å². The zero-order chi connectivity index (χ0) is 14.7.